The quantitative estimate of drug-likeness (QED) is 0.687. The molecule has 14 heavy (non-hydrogen) atoms. The average molecular weight is 192 g/mol. The second-order valence-electron chi connectivity index (χ2n) is 3.90. The van der Waals surface area contributed by atoms with Gasteiger partial charge in [-0.2, -0.15) is 5.10 Å². The van der Waals surface area contributed by atoms with Crippen molar-refractivity contribution in [1.29, 1.82) is 0 Å². The lowest BCUT2D eigenvalue weighted by Gasteiger charge is -2.03. The third-order valence-electron chi connectivity index (χ3n) is 2.06. The lowest BCUT2D eigenvalue weighted by Crippen LogP contribution is -2.02. The number of aromatic nitrogens is 2. The minimum atomic E-state index is -0.0343. The van der Waals surface area contributed by atoms with E-state index in [0.29, 0.717) is 11.6 Å². The van der Waals surface area contributed by atoms with E-state index in [9.17, 15) is 4.79 Å². The molecule has 1 rings (SSSR count). The number of Topliss-reactive ketones (excluding diaryl/α,β-unsaturated/α-hetero) is 1. The van der Waals surface area contributed by atoms with Crippen LogP contribution in [0, 0.1) is 5.92 Å². The molecule has 0 aliphatic heterocycles. The van der Waals surface area contributed by atoms with E-state index in [-0.39, 0.29) is 5.78 Å². The Morgan fingerprint density at radius 3 is 2.50 bits per heavy atom. The van der Waals surface area contributed by atoms with Crippen molar-refractivity contribution in [2.24, 2.45) is 5.92 Å². The van der Waals surface area contributed by atoms with Gasteiger partial charge in [-0.3, -0.25) is 4.79 Å². The highest BCUT2D eigenvalue weighted by molar-refractivity contribution is 5.91. The number of rotatable bonds is 4. The predicted molar refractivity (Wildman–Crippen MR) is 55.2 cm³/mol. The highest BCUT2D eigenvalue weighted by Gasteiger charge is 2.02. The van der Waals surface area contributed by atoms with Crippen LogP contribution in [0.25, 0.3) is 0 Å². The van der Waals surface area contributed by atoms with Gasteiger partial charge >= 0.3 is 0 Å². The molecule has 0 aliphatic carbocycles. The van der Waals surface area contributed by atoms with Gasteiger partial charge in [0.05, 0.1) is 5.69 Å². The predicted octanol–water partition coefficient (Wildman–Crippen LogP) is 2.27. The molecule has 1 aromatic rings. The molecule has 0 unspecified atom stereocenters. The molecule has 0 atom stereocenters. The van der Waals surface area contributed by atoms with E-state index in [1.54, 1.807) is 6.07 Å². The van der Waals surface area contributed by atoms with E-state index < -0.39 is 0 Å². The molecule has 0 bridgehead atoms. The van der Waals surface area contributed by atoms with Gasteiger partial charge in [0.2, 0.25) is 0 Å². The van der Waals surface area contributed by atoms with Crippen LogP contribution in [0.15, 0.2) is 12.1 Å². The molecule has 0 aromatic carbocycles. The molecule has 0 amide bonds. The Bertz CT molecular complexity index is 304. The van der Waals surface area contributed by atoms with E-state index in [2.05, 4.69) is 24.0 Å². The Morgan fingerprint density at radius 2 is 2.07 bits per heavy atom. The summed E-state index contributed by atoms with van der Waals surface area (Å²) in [6, 6.07) is 3.62. The first kappa shape index (κ1) is 10.8. The Balaban J connectivity index is 2.60. The lowest BCUT2D eigenvalue weighted by atomic mass is 10.1. The Hall–Kier alpha value is -1.25. The number of ketones is 1. The van der Waals surface area contributed by atoms with Gasteiger partial charge in [0.1, 0.15) is 5.69 Å². The summed E-state index contributed by atoms with van der Waals surface area (Å²) < 4.78 is 0. The molecule has 0 radical (unpaired) electrons. The summed E-state index contributed by atoms with van der Waals surface area (Å²) in [5.41, 5.74) is 1.40. The first-order valence-electron chi connectivity index (χ1n) is 4.93. The van der Waals surface area contributed by atoms with Crippen LogP contribution in [-0.2, 0) is 6.42 Å². The monoisotopic (exact) mass is 192 g/mol. The number of aryl methyl sites for hydroxylation is 1. The second kappa shape index (κ2) is 4.84. The number of hydrogen-bond acceptors (Lipinski definition) is 3. The zero-order valence-electron chi connectivity index (χ0n) is 8.95. The van der Waals surface area contributed by atoms with Gasteiger partial charge in [-0.1, -0.05) is 13.8 Å². The van der Waals surface area contributed by atoms with Crippen molar-refractivity contribution >= 4 is 5.78 Å². The molecule has 0 spiro atoms. The molecule has 3 nitrogen and oxygen atoms in total. The maximum Gasteiger partial charge on any atom is 0.180 e. The second-order valence-corrected chi connectivity index (χ2v) is 3.90. The third-order valence-corrected chi connectivity index (χ3v) is 2.06. The zero-order valence-corrected chi connectivity index (χ0v) is 8.95. The fraction of sp³-hybridized carbons (Fsp3) is 0.545. The van der Waals surface area contributed by atoms with Crippen LogP contribution in [-0.4, -0.2) is 16.0 Å². The van der Waals surface area contributed by atoms with Crippen LogP contribution in [0.1, 0.15) is 43.4 Å². The smallest absolute Gasteiger partial charge is 0.180 e. The first-order chi connectivity index (χ1) is 6.59. The Morgan fingerprint density at radius 1 is 1.36 bits per heavy atom. The van der Waals surface area contributed by atoms with E-state index in [4.69, 9.17) is 0 Å². The highest BCUT2D eigenvalue weighted by atomic mass is 16.1. The minimum absolute atomic E-state index is 0.0343. The fourth-order valence-electron chi connectivity index (χ4n) is 1.12. The van der Waals surface area contributed by atoms with Crippen molar-refractivity contribution in [3.05, 3.63) is 23.5 Å². The fourth-order valence-corrected chi connectivity index (χ4v) is 1.12. The van der Waals surface area contributed by atoms with Gasteiger partial charge in [-0.25, -0.2) is 0 Å². The van der Waals surface area contributed by atoms with E-state index >= 15 is 0 Å². The number of carbonyl (C=O) groups is 1. The highest BCUT2D eigenvalue weighted by Crippen LogP contribution is 2.06. The summed E-state index contributed by atoms with van der Waals surface area (Å²) >= 11 is 0. The van der Waals surface area contributed by atoms with Crippen molar-refractivity contribution in [3.63, 3.8) is 0 Å². The summed E-state index contributed by atoms with van der Waals surface area (Å²) in [6.07, 6.45) is 2.04. The van der Waals surface area contributed by atoms with Crippen molar-refractivity contribution < 1.29 is 4.79 Å². The van der Waals surface area contributed by atoms with Crippen LogP contribution in [0.3, 0.4) is 0 Å². The van der Waals surface area contributed by atoms with Crippen LogP contribution >= 0.6 is 0 Å². The standard InChI is InChI=1S/C11H16N2O/c1-8(2)4-5-10-6-7-11(9(3)14)13-12-10/h6-8H,4-5H2,1-3H3. The Kier molecular flexibility index (Phi) is 3.74. The summed E-state index contributed by atoms with van der Waals surface area (Å²) in [4.78, 5) is 10.9. The molecular weight excluding hydrogens is 176 g/mol. The minimum Gasteiger partial charge on any atom is -0.293 e. The maximum atomic E-state index is 10.9. The molecule has 76 valence electrons. The van der Waals surface area contributed by atoms with Crippen LogP contribution in [0.2, 0.25) is 0 Å². The van der Waals surface area contributed by atoms with Crippen molar-refractivity contribution in [2.45, 2.75) is 33.6 Å². The molecule has 3 heteroatoms. The Labute approximate surface area is 84.6 Å². The summed E-state index contributed by atoms with van der Waals surface area (Å²) in [5.74, 6) is 0.636. The molecule has 0 N–H and O–H groups in total. The van der Waals surface area contributed by atoms with Gasteiger partial charge < -0.3 is 0 Å². The molecule has 0 aliphatic rings. The van der Waals surface area contributed by atoms with E-state index in [1.807, 2.05) is 6.07 Å². The molecule has 1 aromatic heterocycles. The SMILES string of the molecule is CC(=O)c1ccc(CCC(C)C)nn1. The van der Waals surface area contributed by atoms with Crippen LogP contribution in [0.4, 0.5) is 0 Å². The van der Waals surface area contributed by atoms with Gasteiger partial charge in [0.25, 0.3) is 0 Å². The van der Waals surface area contributed by atoms with Crippen LogP contribution in [0.5, 0.6) is 0 Å². The summed E-state index contributed by atoms with van der Waals surface area (Å²) in [5, 5.41) is 7.86. The number of hydrogen-bond donors (Lipinski definition) is 0. The molecular formula is C11H16N2O. The molecule has 0 saturated carbocycles. The number of carbonyl (C=O) groups excluding carboxylic acids is 1. The van der Waals surface area contributed by atoms with Gasteiger partial charge in [0, 0.05) is 6.92 Å². The van der Waals surface area contributed by atoms with Crippen molar-refractivity contribution in [2.75, 3.05) is 0 Å². The molecule has 0 fully saturated rings. The van der Waals surface area contributed by atoms with Crippen LogP contribution < -0.4 is 0 Å². The normalized spacial score (nSPS) is 10.6. The van der Waals surface area contributed by atoms with E-state index in [0.717, 1.165) is 18.5 Å². The van der Waals surface area contributed by atoms with Crippen molar-refractivity contribution in [1.82, 2.24) is 10.2 Å². The summed E-state index contributed by atoms with van der Waals surface area (Å²) in [6.45, 7) is 5.85. The molecule has 1 heterocycles. The average Bonchev–Trinajstić information content (AvgIpc) is 2.15. The molecule has 0 saturated heterocycles. The first-order valence-corrected chi connectivity index (χ1v) is 4.93. The van der Waals surface area contributed by atoms with E-state index in [1.165, 1.54) is 6.92 Å². The third kappa shape index (κ3) is 3.24. The lowest BCUT2D eigenvalue weighted by molar-refractivity contribution is 0.101. The largest absolute Gasteiger partial charge is 0.293 e. The van der Waals surface area contributed by atoms with Gasteiger partial charge in [-0.15, -0.1) is 5.10 Å². The van der Waals surface area contributed by atoms with Gasteiger partial charge in [0.15, 0.2) is 5.78 Å². The maximum absolute atomic E-state index is 10.9. The zero-order chi connectivity index (χ0) is 10.6. The van der Waals surface area contributed by atoms with Gasteiger partial charge in [-0.05, 0) is 30.9 Å². The summed E-state index contributed by atoms with van der Waals surface area (Å²) in [7, 11) is 0. The topological polar surface area (TPSA) is 42.9 Å². The number of nitrogens with zero attached hydrogens (tertiary/aromatic N) is 2. The van der Waals surface area contributed by atoms with Crippen molar-refractivity contribution in [3.8, 4) is 0 Å².